The van der Waals surface area contributed by atoms with Gasteiger partial charge in [0, 0.05) is 6.04 Å². The molecule has 0 unspecified atom stereocenters. The molecule has 1 aliphatic carbocycles. The number of aliphatic hydroxyl groups is 1. The molecular formula is C11H15NO2. The zero-order chi connectivity index (χ0) is 9.97. The van der Waals surface area contributed by atoms with Crippen LogP contribution < -0.4 is 10.5 Å². The van der Waals surface area contributed by atoms with Crippen molar-refractivity contribution in [3.8, 4) is 5.75 Å². The molecule has 3 N–H and O–H groups in total. The van der Waals surface area contributed by atoms with Crippen molar-refractivity contribution < 1.29 is 9.84 Å². The molecule has 1 fully saturated rings. The van der Waals surface area contributed by atoms with Crippen LogP contribution in [0.5, 0.6) is 5.75 Å². The Kier molecular flexibility index (Phi) is 2.70. The molecule has 3 nitrogen and oxygen atoms in total. The highest BCUT2D eigenvalue weighted by Gasteiger charge is 2.33. The van der Waals surface area contributed by atoms with Crippen molar-refractivity contribution in [1.82, 2.24) is 0 Å². The topological polar surface area (TPSA) is 55.5 Å². The first-order valence-corrected chi connectivity index (χ1v) is 4.93. The maximum atomic E-state index is 9.67. The molecule has 1 aromatic carbocycles. The summed E-state index contributed by atoms with van der Waals surface area (Å²) in [7, 11) is 0. The molecule has 0 heterocycles. The molecule has 76 valence electrons. The molecule has 1 saturated carbocycles. The third kappa shape index (κ3) is 1.89. The Bertz CT molecular complexity index is 289. The minimum atomic E-state index is -0.532. The molecule has 0 aliphatic heterocycles. The first-order valence-electron chi connectivity index (χ1n) is 4.93. The van der Waals surface area contributed by atoms with E-state index in [1.54, 1.807) is 0 Å². The average molecular weight is 193 g/mol. The van der Waals surface area contributed by atoms with Gasteiger partial charge >= 0.3 is 0 Å². The number of ether oxygens (including phenoxy) is 1. The zero-order valence-electron chi connectivity index (χ0n) is 7.97. The van der Waals surface area contributed by atoms with E-state index in [0.717, 1.165) is 18.6 Å². The van der Waals surface area contributed by atoms with E-state index in [1.807, 2.05) is 30.3 Å². The van der Waals surface area contributed by atoms with Crippen molar-refractivity contribution in [2.75, 3.05) is 0 Å². The summed E-state index contributed by atoms with van der Waals surface area (Å²) in [6.07, 6.45) is 0.984. The number of hydrogen-bond acceptors (Lipinski definition) is 3. The molecule has 1 aromatic rings. The van der Waals surface area contributed by atoms with E-state index < -0.39 is 6.10 Å². The number of rotatable bonds is 2. The summed E-state index contributed by atoms with van der Waals surface area (Å²) in [6, 6.07) is 9.40. The number of aliphatic hydroxyl groups excluding tert-OH is 1. The van der Waals surface area contributed by atoms with Crippen LogP contribution in [0.2, 0.25) is 0 Å². The maximum Gasteiger partial charge on any atom is 0.126 e. The molecule has 0 spiro atoms. The second-order valence-corrected chi connectivity index (χ2v) is 3.70. The van der Waals surface area contributed by atoms with Crippen molar-refractivity contribution in [1.29, 1.82) is 0 Å². The fourth-order valence-electron chi connectivity index (χ4n) is 1.78. The van der Waals surface area contributed by atoms with E-state index in [1.165, 1.54) is 0 Å². The predicted molar refractivity (Wildman–Crippen MR) is 54.1 cm³/mol. The third-order valence-corrected chi connectivity index (χ3v) is 2.63. The van der Waals surface area contributed by atoms with Gasteiger partial charge in [-0.2, -0.15) is 0 Å². The minimum absolute atomic E-state index is 0.135. The maximum absolute atomic E-state index is 9.67. The molecule has 0 bridgehead atoms. The minimum Gasteiger partial charge on any atom is -0.488 e. The van der Waals surface area contributed by atoms with Gasteiger partial charge in [0.05, 0.1) is 0 Å². The molecule has 2 rings (SSSR count). The smallest absolute Gasteiger partial charge is 0.126 e. The van der Waals surface area contributed by atoms with Crippen molar-refractivity contribution in [3.05, 3.63) is 30.3 Å². The molecule has 0 amide bonds. The summed E-state index contributed by atoms with van der Waals surface area (Å²) in [5, 5.41) is 9.67. The lowest BCUT2D eigenvalue weighted by Gasteiger charge is -2.18. The van der Waals surface area contributed by atoms with Crippen LogP contribution in [0.3, 0.4) is 0 Å². The first kappa shape index (κ1) is 9.49. The van der Waals surface area contributed by atoms with Crippen LogP contribution in [0.4, 0.5) is 0 Å². The molecule has 3 heteroatoms. The highest BCUT2D eigenvalue weighted by atomic mass is 16.5. The van der Waals surface area contributed by atoms with Gasteiger partial charge < -0.3 is 15.6 Å². The monoisotopic (exact) mass is 193 g/mol. The second-order valence-electron chi connectivity index (χ2n) is 3.70. The molecule has 0 saturated heterocycles. The highest BCUT2D eigenvalue weighted by molar-refractivity contribution is 5.21. The largest absolute Gasteiger partial charge is 0.488 e. The summed E-state index contributed by atoms with van der Waals surface area (Å²) in [6.45, 7) is 0. The molecule has 0 aromatic heterocycles. The number of nitrogens with two attached hydrogens (primary N) is 1. The normalized spacial score (nSPS) is 31.7. The van der Waals surface area contributed by atoms with Gasteiger partial charge in [0.15, 0.2) is 0 Å². The lowest BCUT2D eigenvalue weighted by molar-refractivity contribution is 0.0521. The third-order valence-electron chi connectivity index (χ3n) is 2.63. The standard InChI is InChI=1S/C11H15NO2/c12-9-6-7-10(11(9)13)14-8-4-2-1-3-5-8/h1-5,9-11,13H,6-7,12H2/t9-,10-,11-/m1/s1. The Hall–Kier alpha value is -1.06. The summed E-state index contributed by atoms with van der Waals surface area (Å²) in [4.78, 5) is 0. The zero-order valence-corrected chi connectivity index (χ0v) is 7.97. The van der Waals surface area contributed by atoms with Gasteiger partial charge in [-0.3, -0.25) is 0 Å². The molecule has 0 radical (unpaired) electrons. The molecule has 3 atom stereocenters. The van der Waals surface area contributed by atoms with E-state index in [9.17, 15) is 5.11 Å². The molecule has 1 aliphatic rings. The number of benzene rings is 1. The summed E-state index contributed by atoms with van der Waals surface area (Å²) in [5.41, 5.74) is 5.69. The van der Waals surface area contributed by atoms with E-state index >= 15 is 0 Å². The van der Waals surface area contributed by atoms with Gasteiger partial charge in [0.25, 0.3) is 0 Å². The second kappa shape index (κ2) is 3.98. The van der Waals surface area contributed by atoms with Crippen LogP contribution >= 0.6 is 0 Å². The Morgan fingerprint density at radius 1 is 1.21 bits per heavy atom. The summed E-state index contributed by atoms with van der Waals surface area (Å²) < 4.78 is 5.63. The fraction of sp³-hybridized carbons (Fsp3) is 0.455. The Morgan fingerprint density at radius 2 is 1.93 bits per heavy atom. The van der Waals surface area contributed by atoms with Crippen molar-refractivity contribution >= 4 is 0 Å². The fourth-order valence-corrected chi connectivity index (χ4v) is 1.78. The average Bonchev–Trinajstić information content (AvgIpc) is 2.52. The van der Waals surface area contributed by atoms with Crippen molar-refractivity contribution in [2.45, 2.75) is 31.1 Å². The molecule has 14 heavy (non-hydrogen) atoms. The molecular weight excluding hydrogens is 178 g/mol. The van der Waals surface area contributed by atoms with Crippen LogP contribution in [0.25, 0.3) is 0 Å². The van der Waals surface area contributed by atoms with Gasteiger partial charge in [-0.15, -0.1) is 0 Å². The Labute approximate surface area is 83.5 Å². The van der Waals surface area contributed by atoms with Crippen molar-refractivity contribution in [2.24, 2.45) is 5.73 Å². The van der Waals surface area contributed by atoms with Crippen LogP contribution in [0.1, 0.15) is 12.8 Å². The Morgan fingerprint density at radius 3 is 2.50 bits per heavy atom. The van der Waals surface area contributed by atoms with Crippen LogP contribution in [0.15, 0.2) is 30.3 Å². The summed E-state index contributed by atoms with van der Waals surface area (Å²) >= 11 is 0. The Balaban J connectivity index is 1.99. The lowest BCUT2D eigenvalue weighted by atomic mass is 10.2. The number of hydrogen-bond donors (Lipinski definition) is 2. The lowest BCUT2D eigenvalue weighted by Crippen LogP contribution is -2.37. The van der Waals surface area contributed by atoms with E-state index in [4.69, 9.17) is 10.5 Å². The van der Waals surface area contributed by atoms with Crippen LogP contribution in [0, 0.1) is 0 Å². The van der Waals surface area contributed by atoms with E-state index in [2.05, 4.69) is 0 Å². The van der Waals surface area contributed by atoms with Crippen LogP contribution in [-0.4, -0.2) is 23.4 Å². The van der Waals surface area contributed by atoms with E-state index in [-0.39, 0.29) is 12.1 Å². The first-order chi connectivity index (χ1) is 6.77. The van der Waals surface area contributed by atoms with Gasteiger partial charge in [-0.25, -0.2) is 0 Å². The van der Waals surface area contributed by atoms with Gasteiger partial charge in [-0.05, 0) is 25.0 Å². The van der Waals surface area contributed by atoms with Gasteiger partial charge in [0.1, 0.15) is 18.0 Å². The quantitative estimate of drug-likeness (QED) is 0.734. The van der Waals surface area contributed by atoms with E-state index in [0.29, 0.717) is 0 Å². The number of para-hydroxylation sites is 1. The van der Waals surface area contributed by atoms with Gasteiger partial charge in [0.2, 0.25) is 0 Å². The highest BCUT2D eigenvalue weighted by Crippen LogP contribution is 2.23. The predicted octanol–water partition coefficient (Wildman–Crippen LogP) is 0.916. The van der Waals surface area contributed by atoms with Crippen molar-refractivity contribution in [3.63, 3.8) is 0 Å². The SMILES string of the molecule is N[C@@H]1CC[C@@H](Oc2ccccc2)[C@@H]1O. The van der Waals surface area contributed by atoms with Crippen LogP contribution in [-0.2, 0) is 0 Å². The van der Waals surface area contributed by atoms with Gasteiger partial charge in [-0.1, -0.05) is 18.2 Å². The summed E-state index contributed by atoms with van der Waals surface area (Å²) in [5.74, 6) is 0.797.